The maximum atomic E-state index is 14.4. The van der Waals surface area contributed by atoms with Crippen molar-refractivity contribution in [1.82, 2.24) is 0 Å². The van der Waals surface area contributed by atoms with E-state index in [0.717, 1.165) is 10.0 Å². The molecule has 2 aromatic carbocycles. The summed E-state index contributed by atoms with van der Waals surface area (Å²) < 4.78 is 15.7. The Morgan fingerprint density at radius 1 is 1.29 bits per heavy atom. The van der Waals surface area contributed by atoms with Crippen LogP contribution in [-0.4, -0.2) is 12.0 Å². The van der Waals surface area contributed by atoms with E-state index in [9.17, 15) is 4.39 Å². The van der Waals surface area contributed by atoms with Gasteiger partial charge in [-0.05, 0) is 45.8 Å². The van der Waals surface area contributed by atoms with Gasteiger partial charge in [0.15, 0.2) is 5.82 Å². The van der Waals surface area contributed by atoms with Gasteiger partial charge in [0.05, 0.1) is 10.2 Å². The molecular weight excluding hydrogens is 419 g/mol. The molecule has 0 atom stereocenters. The van der Waals surface area contributed by atoms with Gasteiger partial charge in [0.25, 0.3) is 0 Å². The van der Waals surface area contributed by atoms with Gasteiger partial charge in [-0.15, -0.1) is 0 Å². The third-order valence-electron chi connectivity index (χ3n) is 3.05. The highest BCUT2D eigenvalue weighted by molar-refractivity contribution is 9.10. The summed E-state index contributed by atoms with van der Waals surface area (Å²) in [6, 6.07) is 11.3. The van der Waals surface area contributed by atoms with Crippen molar-refractivity contribution in [3.8, 4) is 0 Å². The zero-order valence-corrected chi connectivity index (χ0v) is 15.2. The third kappa shape index (κ3) is 3.81. The first-order valence-corrected chi connectivity index (χ1v) is 8.13. The lowest BCUT2D eigenvalue weighted by Gasteiger charge is -2.21. The molecule has 2 N–H and O–H groups in total. The standard InChI is InChI=1S/C15H13Br2FN2S/c1-20(8-9-3-2-4-10(16)7-9)12-6-5-11(15(19)21)13(17)14(12)18/h2-7H,8H2,1H3,(H2,19,21). The normalized spacial score (nSPS) is 10.5. The van der Waals surface area contributed by atoms with Crippen molar-refractivity contribution in [3.63, 3.8) is 0 Å². The number of rotatable bonds is 4. The number of nitrogens with zero attached hydrogens (tertiary/aromatic N) is 1. The van der Waals surface area contributed by atoms with Crippen LogP contribution < -0.4 is 10.6 Å². The van der Waals surface area contributed by atoms with Crippen molar-refractivity contribution in [2.24, 2.45) is 5.73 Å². The fraction of sp³-hybridized carbons (Fsp3) is 0.133. The molecule has 0 spiro atoms. The molecule has 0 aliphatic heterocycles. The summed E-state index contributed by atoms with van der Waals surface area (Å²) in [4.78, 5) is 2.01. The minimum Gasteiger partial charge on any atom is -0.389 e. The summed E-state index contributed by atoms with van der Waals surface area (Å²) in [7, 11) is 1.84. The van der Waals surface area contributed by atoms with Gasteiger partial charge in [-0.2, -0.15) is 0 Å². The molecule has 21 heavy (non-hydrogen) atoms. The Labute approximate surface area is 145 Å². The van der Waals surface area contributed by atoms with Crippen LogP contribution in [0.25, 0.3) is 0 Å². The van der Waals surface area contributed by atoms with E-state index < -0.39 is 0 Å². The van der Waals surface area contributed by atoms with Crippen molar-refractivity contribution in [2.45, 2.75) is 6.54 Å². The van der Waals surface area contributed by atoms with E-state index in [1.54, 1.807) is 12.1 Å². The Balaban J connectivity index is 2.29. The minimum absolute atomic E-state index is 0.168. The predicted molar refractivity (Wildman–Crippen MR) is 96.2 cm³/mol. The largest absolute Gasteiger partial charge is 0.389 e. The molecule has 0 saturated heterocycles. The van der Waals surface area contributed by atoms with Crippen LogP contribution in [0.4, 0.5) is 10.1 Å². The van der Waals surface area contributed by atoms with E-state index in [0.29, 0.717) is 22.3 Å². The minimum atomic E-state index is -0.363. The highest BCUT2D eigenvalue weighted by atomic mass is 79.9. The van der Waals surface area contributed by atoms with Crippen LogP contribution in [0.3, 0.4) is 0 Å². The summed E-state index contributed by atoms with van der Waals surface area (Å²) in [5.41, 5.74) is 7.64. The molecule has 0 amide bonds. The van der Waals surface area contributed by atoms with Crippen LogP contribution in [0.1, 0.15) is 11.1 Å². The average Bonchev–Trinajstić information content (AvgIpc) is 2.41. The molecule has 2 rings (SSSR count). The van der Waals surface area contributed by atoms with Crippen molar-refractivity contribution < 1.29 is 4.39 Å². The van der Waals surface area contributed by atoms with Gasteiger partial charge in [-0.1, -0.05) is 40.3 Å². The van der Waals surface area contributed by atoms with Gasteiger partial charge in [0.2, 0.25) is 0 Å². The number of halogens is 3. The monoisotopic (exact) mass is 430 g/mol. The van der Waals surface area contributed by atoms with Gasteiger partial charge in [-0.3, -0.25) is 0 Å². The van der Waals surface area contributed by atoms with Crippen molar-refractivity contribution in [2.75, 3.05) is 11.9 Å². The highest BCUT2D eigenvalue weighted by Gasteiger charge is 2.15. The first-order chi connectivity index (χ1) is 9.90. The molecule has 2 nitrogen and oxygen atoms in total. The zero-order valence-electron chi connectivity index (χ0n) is 11.2. The van der Waals surface area contributed by atoms with E-state index in [4.69, 9.17) is 18.0 Å². The van der Waals surface area contributed by atoms with Crippen LogP contribution in [0.2, 0.25) is 0 Å². The molecule has 0 bridgehead atoms. The molecule has 0 fully saturated rings. The van der Waals surface area contributed by atoms with Crippen LogP contribution in [0.5, 0.6) is 0 Å². The van der Waals surface area contributed by atoms with E-state index in [1.165, 1.54) is 0 Å². The fourth-order valence-corrected chi connectivity index (χ4v) is 3.32. The van der Waals surface area contributed by atoms with Crippen LogP contribution in [0.15, 0.2) is 45.3 Å². The van der Waals surface area contributed by atoms with Gasteiger partial charge in [0.1, 0.15) is 4.99 Å². The molecule has 0 aromatic heterocycles. The number of thiocarbonyl (C=S) groups is 1. The number of hydrogen-bond acceptors (Lipinski definition) is 2. The maximum absolute atomic E-state index is 14.4. The summed E-state index contributed by atoms with van der Waals surface area (Å²) in [5, 5.41) is 0. The number of hydrogen-bond donors (Lipinski definition) is 1. The van der Waals surface area contributed by atoms with Crippen molar-refractivity contribution in [1.29, 1.82) is 0 Å². The van der Waals surface area contributed by atoms with Gasteiger partial charge < -0.3 is 10.6 Å². The van der Waals surface area contributed by atoms with Gasteiger partial charge in [0, 0.05) is 23.6 Å². The van der Waals surface area contributed by atoms with Gasteiger partial charge >= 0.3 is 0 Å². The van der Waals surface area contributed by atoms with E-state index in [2.05, 4.69) is 31.9 Å². The van der Waals surface area contributed by atoms with E-state index >= 15 is 0 Å². The molecule has 110 valence electrons. The molecule has 0 heterocycles. The Kier molecular flexibility index (Phi) is 5.35. The van der Waals surface area contributed by atoms with E-state index in [-0.39, 0.29) is 10.8 Å². The first kappa shape index (κ1) is 16.4. The van der Waals surface area contributed by atoms with Crippen molar-refractivity contribution in [3.05, 3.63) is 62.3 Å². The Bertz CT molecular complexity index is 691. The average molecular weight is 432 g/mol. The third-order valence-corrected chi connectivity index (χ3v) is 4.54. The molecule has 6 heteroatoms. The molecule has 0 radical (unpaired) electrons. The fourth-order valence-electron chi connectivity index (χ4n) is 2.02. The summed E-state index contributed by atoms with van der Waals surface area (Å²) >= 11 is 11.6. The molecule has 0 aliphatic carbocycles. The van der Waals surface area contributed by atoms with Gasteiger partial charge in [-0.25, -0.2) is 4.39 Å². The zero-order chi connectivity index (χ0) is 15.6. The summed E-state index contributed by atoms with van der Waals surface area (Å²) in [6.07, 6.45) is 0. The molecule has 0 saturated carbocycles. The Morgan fingerprint density at radius 2 is 2.00 bits per heavy atom. The lowest BCUT2D eigenvalue weighted by Crippen LogP contribution is -2.19. The summed E-state index contributed by atoms with van der Waals surface area (Å²) in [6.45, 7) is 0.592. The number of benzene rings is 2. The second kappa shape index (κ2) is 6.85. The van der Waals surface area contributed by atoms with Crippen LogP contribution in [0, 0.1) is 5.82 Å². The van der Waals surface area contributed by atoms with Crippen molar-refractivity contribution >= 4 is 54.8 Å². The lowest BCUT2D eigenvalue weighted by atomic mass is 10.1. The SMILES string of the molecule is CN(Cc1cccc(Br)c1)c1ccc(C(N)=S)c(Br)c1F. The second-order valence-corrected chi connectivity index (χ2v) is 6.76. The predicted octanol–water partition coefficient (Wildman–Crippen LogP) is 4.62. The quantitative estimate of drug-likeness (QED) is 0.716. The summed E-state index contributed by atoms with van der Waals surface area (Å²) in [5.74, 6) is -0.363. The lowest BCUT2D eigenvalue weighted by molar-refractivity contribution is 0.615. The number of anilines is 1. The highest BCUT2D eigenvalue weighted by Crippen LogP contribution is 2.30. The molecule has 0 unspecified atom stereocenters. The van der Waals surface area contributed by atoms with Crippen LogP contribution in [-0.2, 0) is 6.54 Å². The smallest absolute Gasteiger partial charge is 0.161 e. The van der Waals surface area contributed by atoms with E-state index in [1.807, 2.05) is 36.2 Å². The molecule has 2 aromatic rings. The first-order valence-electron chi connectivity index (χ1n) is 6.13. The number of nitrogens with two attached hydrogens (primary N) is 1. The maximum Gasteiger partial charge on any atom is 0.161 e. The Hall–Kier alpha value is -0.980. The molecular formula is C15H13Br2FN2S. The Morgan fingerprint density at radius 3 is 2.62 bits per heavy atom. The topological polar surface area (TPSA) is 29.3 Å². The van der Waals surface area contributed by atoms with Crippen LogP contribution >= 0.6 is 44.1 Å². The second-order valence-electron chi connectivity index (χ2n) is 4.61. The molecule has 0 aliphatic rings.